The largest absolute Gasteiger partial charge is 0.494 e. The van der Waals surface area contributed by atoms with Crippen molar-refractivity contribution < 1.29 is 28.5 Å². The van der Waals surface area contributed by atoms with Crippen molar-refractivity contribution in [1.29, 1.82) is 0 Å². The first-order valence-electron chi connectivity index (χ1n) is 14.6. The van der Waals surface area contributed by atoms with Crippen LogP contribution in [0.4, 0.5) is 22.7 Å². The first kappa shape index (κ1) is 30.1. The number of fused-ring (bicyclic) bond motifs is 2. The molecule has 1 aliphatic rings. The molecule has 0 heterocycles. The molecule has 0 atom stereocenters. The van der Waals surface area contributed by atoms with Gasteiger partial charge in [-0.15, -0.1) is 0 Å². The maximum Gasteiger partial charge on any atom is 0.199 e. The molecule has 10 nitrogen and oxygen atoms in total. The molecule has 0 saturated carbocycles. The van der Waals surface area contributed by atoms with Crippen molar-refractivity contribution in [3.8, 4) is 34.5 Å². The van der Waals surface area contributed by atoms with Gasteiger partial charge < -0.3 is 41.9 Å². The molecule has 5 rings (SSSR count). The number of anilines is 4. The van der Waals surface area contributed by atoms with E-state index in [0.29, 0.717) is 36.2 Å². The number of nitrogens with two attached hydrogens (primary N) is 4. The number of carbonyl (C=O) groups excluding carboxylic acids is 2. The number of hydrogen-bond donors (Lipinski definition) is 4. The molecule has 0 fully saturated rings. The van der Waals surface area contributed by atoms with Crippen LogP contribution in [0.25, 0.3) is 0 Å². The van der Waals surface area contributed by atoms with Gasteiger partial charge in [0, 0.05) is 23.5 Å². The Morgan fingerprint density at radius 2 is 0.864 bits per heavy atom. The molecule has 44 heavy (non-hydrogen) atoms. The molecular weight excluding hydrogens is 560 g/mol. The zero-order valence-electron chi connectivity index (χ0n) is 24.8. The van der Waals surface area contributed by atoms with Gasteiger partial charge in [-0.2, -0.15) is 0 Å². The Kier molecular flexibility index (Phi) is 8.80. The van der Waals surface area contributed by atoms with E-state index in [1.54, 1.807) is 48.5 Å². The highest BCUT2D eigenvalue weighted by molar-refractivity contribution is 6.35. The van der Waals surface area contributed by atoms with E-state index in [0.717, 1.165) is 25.7 Å². The fraction of sp³-hybridized carbons (Fsp3) is 0.235. The van der Waals surface area contributed by atoms with Gasteiger partial charge in [-0.3, -0.25) is 9.59 Å². The minimum absolute atomic E-state index is 0.0206. The van der Waals surface area contributed by atoms with Gasteiger partial charge in [0.05, 0.1) is 46.8 Å². The molecule has 0 spiro atoms. The highest BCUT2D eigenvalue weighted by atomic mass is 16.5. The molecule has 0 aliphatic heterocycles. The number of unbranched alkanes of at least 4 members (excludes halogenated alkanes) is 2. The van der Waals surface area contributed by atoms with Gasteiger partial charge in [0.2, 0.25) is 0 Å². The predicted molar refractivity (Wildman–Crippen MR) is 171 cm³/mol. The third-order valence-corrected chi connectivity index (χ3v) is 7.26. The Morgan fingerprint density at radius 1 is 0.523 bits per heavy atom. The fourth-order valence-corrected chi connectivity index (χ4v) is 4.90. The van der Waals surface area contributed by atoms with E-state index in [2.05, 4.69) is 13.8 Å². The molecule has 4 aromatic carbocycles. The Bertz CT molecular complexity index is 1580. The van der Waals surface area contributed by atoms with Crippen LogP contribution in [0.1, 0.15) is 71.4 Å². The topological polar surface area (TPSA) is 175 Å². The maximum absolute atomic E-state index is 14.0. The number of rotatable bonds is 12. The van der Waals surface area contributed by atoms with E-state index < -0.39 is 11.6 Å². The SMILES string of the molecule is CCCCOc1ccc(Oc2cc(N)c3c(c2N)C(=O)c2c(N)c(Oc4ccc(OCCCC)cc4)cc(N)c2C3=O)cc1. The van der Waals surface area contributed by atoms with Crippen LogP contribution >= 0.6 is 0 Å². The monoisotopic (exact) mass is 596 g/mol. The Morgan fingerprint density at radius 3 is 1.23 bits per heavy atom. The van der Waals surface area contributed by atoms with Gasteiger partial charge in [0.15, 0.2) is 23.1 Å². The van der Waals surface area contributed by atoms with Crippen LogP contribution in [-0.4, -0.2) is 24.8 Å². The highest BCUT2D eigenvalue weighted by Crippen LogP contribution is 2.46. The third-order valence-electron chi connectivity index (χ3n) is 7.26. The number of ether oxygens (including phenoxy) is 4. The number of hydrogen-bond acceptors (Lipinski definition) is 10. The summed E-state index contributed by atoms with van der Waals surface area (Å²) in [6.45, 7) is 5.41. The number of nitrogen functional groups attached to an aromatic ring is 4. The highest BCUT2D eigenvalue weighted by Gasteiger charge is 2.38. The Balaban J connectivity index is 1.45. The number of benzene rings is 4. The summed E-state index contributed by atoms with van der Waals surface area (Å²) in [4.78, 5) is 27.7. The van der Waals surface area contributed by atoms with E-state index in [1.165, 1.54) is 12.1 Å². The van der Waals surface area contributed by atoms with Gasteiger partial charge in [0.25, 0.3) is 0 Å². The summed E-state index contributed by atoms with van der Waals surface area (Å²) < 4.78 is 23.4. The third kappa shape index (κ3) is 5.92. The molecule has 8 N–H and O–H groups in total. The first-order valence-corrected chi connectivity index (χ1v) is 14.6. The standard InChI is InChI=1S/C34H36N4O6/c1-3-5-15-41-19-7-11-21(12-8-19)43-25-17-23(35)27-29(31(25)37)34(40)30-28(33(27)39)24(36)18-26(32(30)38)44-22-13-9-20(10-14-22)42-16-6-4-2/h7-14,17-18H,3-6,15-16,35-38H2,1-2H3. The summed E-state index contributed by atoms with van der Waals surface area (Å²) in [5, 5.41) is 0. The zero-order valence-corrected chi connectivity index (χ0v) is 24.8. The van der Waals surface area contributed by atoms with Gasteiger partial charge in [0.1, 0.15) is 23.0 Å². The van der Waals surface area contributed by atoms with Gasteiger partial charge in [-0.25, -0.2) is 0 Å². The number of ketones is 2. The lowest BCUT2D eigenvalue weighted by Crippen LogP contribution is -2.26. The van der Waals surface area contributed by atoms with Crippen molar-refractivity contribution in [2.75, 3.05) is 36.1 Å². The maximum atomic E-state index is 14.0. The van der Waals surface area contributed by atoms with Crippen molar-refractivity contribution >= 4 is 34.3 Å². The van der Waals surface area contributed by atoms with Crippen molar-refractivity contribution in [2.45, 2.75) is 39.5 Å². The molecule has 4 aromatic rings. The molecule has 0 aromatic heterocycles. The second-order valence-corrected chi connectivity index (χ2v) is 10.5. The van der Waals surface area contributed by atoms with Gasteiger partial charge in [-0.1, -0.05) is 26.7 Å². The van der Waals surface area contributed by atoms with E-state index >= 15 is 0 Å². The molecule has 10 heteroatoms. The fourth-order valence-electron chi connectivity index (χ4n) is 4.90. The van der Waals surface area contributed by atoms with Crippen LogP contribution in [0.3, 0.4) is 0 Å². The van der Waals surface area contributed by atoms with Crippen LogP contribution in [-0.2, 0) is 0 Å². The average Bonchev–Trinajstić information content (AvgIpc) is 3.01. The molecule has 228 valence electrons. The molecule has 0 amide bonds. The first-order chi connectivity index (χ1) is 21.2. The molecule has 0 radical (unpaired) electrons. The van der Waals surface area contributed by atoms with E-state index in [1.807, 2.05) is 0 Å². The second kappa shape index (κ2) is 12.9. The summed E-state index contributed by atoms with van der Waals surface area (Å²) in [5.41, 5.74) is 25.1. The van der Waals surface area contributed by atoms with Crippen LogP contribution in [0.2, 0.25) is 0 Å². The lowest BCUT2D eigenvalue weighted by atomic mass is 9.80. The van der Waals surface area contributed by atoms with Crippen molar-refractivity contribution in [3.05, 3.63) is 82.9 Å². The zero-order chi connectivity index (χ0) is 31.4. The molecule has 0 unspecified atom stereocenters. The second-order valence-electron chi connectivity index (χ2n) is 10.5. The Labute approximate surface area is 255 Å². The summed E-state index contributed by atoms with van der Waals surface area (Å²) in [7, 11) is 0. The summed E-state index contributed by atoms with van der Waals surface area (Å²) in [6, 6.07) is 16.8. The Hall–Kier alpha value is -5.38. The van der Waals surface area contributed by atoms with Crippen LogP contribution < -0.4 is 41.9 Å². The van der Waals surface area contributed by atoms with Crippen molar-refractivity contribution in [1.82, 2.24) is 0 Å². The average molecular weight is 597 g/mol. The lowest BCUT2D eigenvalue weighted by Gasteiger charge is -2.25. The lowest BCUT2D eigenvalue weighted by molar-refractivity contribution is 0.0981. The molecule has 0 bridgehead atoms. The molecule has 0 saturated heterocycles. The minimum Gasteiger partial charge on any atom is -0.494 e. The molecule has 1 aliphatic carbocycles. The van der Waals surface area contributed by atoms with Crippen LogP contribution in [0, 0.1) is 0 Å². The molecular formula is C34H36N4O6. The van der Waals surface area contributed by atoms with E-state index in [9.17, 15) is 9.59 Å². The summed E-state index contributed by atoms with van der Waals surface area (Å²) in [5.74, 6) is 1.33. The number of carbonyl (C=O) groups is 2. The van der Waals surface area contributed by atoms with E-state index in [4.69, 9.17) is 41.9 Å². The predicted octanol–water partition coefficient (Wildman–Crippen LogP) is 6.73. The van der Waals surface area contributed by atoms with Gasteiger partial charge >= 0.3 is 0 Å². The normalized spacial score (nSPS) is 12.0. The smallest absolute Gasteiger partial charge is 0.199 e. The van der Waals surface area contributed by atoms with E-state index in [-0.39, 0.29) is 56.5 Å². The van der Waals surface area contributed by atoms with Crippen molar-refractivity contribution in [3.63, 3.8) is 0 Å². The van der Waals surface area contributed by atoms with Crippen molar-refractivity contribution in [2.24, 2.45) is 0 Å². The van der Waals surface area contributed by atoms with Gasteiger partial charge in [-0.05, 0) is 61.4 Å². The summed E-state index contributed by atoms with van der Waals surface area (Å²) >= 11 is 0. The summed E-state index contributed by atoms with van der Waals surface area (Å²) in [6.07, 6.45) is 3.96. The van der Waals surface area contributed by atoms with Crippen LogP contribution in [0.5, 0.6) is 34.5 Å². The minimum atomic E-state index is -0.613. The van der Waals surface area contributed by atoms with Crippen LogP contribution in [0.15, 0.2) is 60.7 Å². The quantitative estimate of drug-likeness (QED) is 0.0892.